The second-order valence-corrected chi connectivity index (χ2v) is 2.29. The molecule has 0 amide bonds. The third-order valence-electron chi connectivity index (χ3n) is 0.895. The fraction of sp³-hybridized carbons (Fsp3) is 0.667. The van der Waals surface area contributed by atoms with Crippen LogP contribution in [0.4, 0.5) is 4.39 Å². The van der Waals surface area contributed by atoms with Gasteiger partial charge in [0, 0.05) is 0 Å². The Labute approximate surface area is 61.5 Å². The molecule has 0 nitrogen and oxygen atoms in total. The topological polar surface area (TPSA) is 0 Å². The summed E-state index contributed by atoms with van der Waals surface area (Å²) in [4.78, 5) is 0. The Morgan fingerprint density at radius 1 is 1.78 bits per heavy atom. The van der Waals surface area contributed by atoms with Crippen LogP contribution in [0.25, 0.3) is 0 Å². The zero-order chi connectivity index (χ0) is 7.28. The first kappa shape index (κ1) is 9.02. The molecule has 0 aliphatic rings. The molecule has 0 N–H and O–H groups in total. The molecule has 3 heteroatoms. The minimum atomic E-state index is -1.01. The number of allylic oxidation sites excluding steroid dienone is 2. The lowest BCUT2D eigenvalue weighted by Crippen LogP contribution is -2.07. The van der Waals surface area contributed by atoms with Gasteiger partial charge in [-0.3, -0.25) is 0 Å². The summed E-state index contributed by atoms with van der Waals surface area (Å²) < 4.78 is 12.2. The van der Waals surface area contributed by atoms with E-state index in [9.17, 15) is 4.39 Å². The van der Waals surface area contributed by atoms with E-state index in [-0.39, 0.29) is 0 Å². The number of hydrogen-bond acceptors (Lipinski definition) is 0. The third kappa shape index (κ3) is 4.52. The summed E-state index contributed by atoms with van der Waals surface area (Å²) in [5.41, 5.74) is 0. The van der Waals surface area contributed by atoms with Gasteiger partial charge in [-0.15, -0.1) is 11.6 Å². The smallest absolute Gasteiger partial charge is 0.117 e. The Balaban J connectivity index is 3.48. The van der Waals surface area contributed by atoms with Crippen LogP contribution in [0.3, 0.4) is 0 Å². The van der Waals surface area contributed by atoms with Crippen LogP contribution in [0.1, 0.15) is 6.92 Å². The predicted molar refractivity (Wildman–Crippen MR) is 39.9 cm³/mol. The van der Waals surface area contributed by atoms with E-state index in [1.54, 1.807) is 12.2 Å². The maximum atomic E-state index is 12.2. The van der Waals surface area contributed by atoms with Crippen molar-refractivity contribution in [3.8, 4) is 0 Å². The van der Waals surface area contributed by atoms with E-state index < -0.39 is 11.5 Å². The van der Waals surface area contributed by atoms with Gasteiger partial charge >= 0.3 is 0 Å². The molecule has 0 aromatic rings. The summed E-state index contributed by atoms with van der Waals surface area (Å²) in [6, 6.07) is 0. The lowest BCUT2D eigenvalue weighted by Gasteiger charge is -2.02. The predicted octanol–water partition coefficient (Wildman–Crippen LogP) is 2.09. The van der Waals surface area contributed by atoms with Crippen molar-refractivity contribution in [3.63, 3.8) is 0 Å². The van der Waals surface area contributed by atoms with Crippen molar-refractivity contribution in [3.05, 3.63) is 12.2 Å². The van der Waals surface area contributed by atoms with E-state index in [1.165, 1.54) is 6.92 Å². The number of hydrogen-bond donors (Lipinski definition) is 0. The van der Waals surface area contributed by atoms with Crippen molar-refractivity contribution in [2.45, 2.75) is 24.8 Å². The summed E-state index contributed by atoms with van der Waals surface area (Å²) >= 11 is 5.48. The molecule has 0 fully saturated rings. The highest BCUT2D eigenvalue weighted by Crippen LogP contribution is 2.07. The lowest BCUT2D eigenvalue weighted by atomic mass is 10.0. The molecule has 0 saturated heterocycles. The molecule has 0 aromatic heterocycles. The number of halogens is 2. The van der Waals surface area contributed by atoms with Crippen LogP contribution in [0.2, 0.25) is 6.32 Å². The Morgan fingerprint density at radius 3 is 2.67 bits per heavy atom. The van der Waals surface area contributed by atoms with Gasteiger partial charge in [-0.25, -0.2) is 4.39 Å². The number of rotatable bonds is 3. The summed E-state index contributed by atoms with van der Waals surface area (Å²) in [5.74, 6) is 0. The van der Waals surface area contributed by atoms with Gasteiger partial charge in [0.25, 0.3) is 0 Å². The first-order chi connectivity index (χ1) is 4.18. The van der Waals surface area contributed by atoms with Crippen molar-refractivity contribution >= 4 is 19.4 Å². The van der Waals surface area contributed by atoms with Crippen molar-refractivity contribution < 1.29 is 4.39 Å². The van der Waals surface area contributed by atoms with Gasteiger partial charge in [0.15, 0.2) is 0 Å². The van der Waals surface area contributed by atoms with Crippen LogP contribution in [0.15, 0.2) is 12.2 Å². The SMILES string of the molecule is [B]CC=CC(Cl)C(C)F. The Morgan fingerprint density at radius 2 is 2.33 bits per heavy atom. The van der Waals surface area contributed by atoms with Crippen molar-refractivity contribution in [1.29, 1.82) is 0 Å². The van der Waals surface area contributed by atoms with Gasteiger partial charge in [0.2, 0.25) is 0 Å². The first-order valence-electron chi connectivity index (χ1n) is 2.83. The summed E-state index contributed by atoms with van der Waals surface area (Å²) in [6.07, 6.45) is 2.62. The molecule has 50 valence electrons. The maximum Gasteiger partial charge on any atom is 0.117 e. The van der Waals surface area contributed by atoms with Gasteiger partial charge in [-0.05, 0) is 6.92 Å². The largest absolute Gasteiger partial charge is 0.246 e. The van der Waals surface area contributed by atoms with Gasteiger partial charge in [-0.1, -0.05) is 18.5 Å². The Hall–Kier alpha value is 0.0249. The van der Waals surface area contributed by atoms with Gasteiger partial charge in [0.05, 0.1) is 13.2 Å². The zero-order valence-electron chi connectivity index (χ0n) is 5.35. The minimum Gasteiger partial charge on any atom is -0.246 e. The van der Waals surface area contributed by atoms with E-state index >= 15 is 0 Å². The van der Waals surface area contributed by atoms with Crippen molar-refractivity contribution in [2.24, 2.45) is 0 Å². The van der Waals surface area contributed by atoms with Crippen molar-refractivity contribution in [1.82, 2.24) is 0 Å². The molecule has 0 rings (SSSR count). The molecule has 9 heavy (non-hydrogen) atoms. The highest BCUT2D eigenvalue weighted by molar-refractivity contribution is 6.22. The van der Waals surface area contributed by atoms with Crippen LogP contribution >= 0.6 is 11.6 Å². The van der Waals surface area contributed by atoms with Crippen LogP contribution in [-0.4, -0.2) is 19.4 Å². The minimum absolute atomic E-state index is 0.413. The highest BCUT2D eigenvalue weighted by atomic mass is 35.5. The third-order valence-corrected chi connectivity index (χ3v) is 1.39. The zero-order valence-corrected chi connectivity index (χ0v) is 6.11. The molecule has 2 atom stereocenters. The van der Waals surface area contributed by atoms with Crippen LogP contribution in [-0.2, 0) is 0 Å². The molecule has 0 aliphatic carbocycles. The van der Waals surface area contributed by atoms with Crippen LogP contribution < -0.4 is 0 Å². The van der Waals surface area contributed by atoms with Crippen LogP contribution in [0, 0.1) is 0 Å². The first-order valence-corrected chi connectivity index (χ1v) is 3.27. The summed E-state index contributed by atoms with van der Waals surface area (Å²) in [6.45, 7) is 1.42. The second kappa shape index (κ2) is 4.86. The summed E-state index contributed by atoms with van der Waals surface area (Å²) in [7, 11) is 5.11. The molecule has 0 aromatic carbocycles. The van der Waals surface area contributed by atoms with E-state index in [1.807, 2.05) is 0 Å². The molecule has 2 radical (unpaired) electrons. The van der Waals surface area contributed by atoms with E-state index in [0.717, 1.165) is 0 Å². The molecular formula is C6H9BClF. The molecule has 0 bridgehead atoms. The Kier molecular flexibility index (Phi) is 4.88. The van der Waals surface area contributed by atoms with Gasteiger partial charge in [-0.2, -0.15) is 0 Å². The molecule has 0 saturated carbocycles. The molecule has 0 heterocycles. The standard InChI is InChI=1S/C6H9BClF/c1-5(9)6(8)3-2-4-7/h2-3,5-6H,4H2,1H3. The van der Waals surface area contributed by atoms with Crippen LogP contribution in [0.5, 0.6) is 0 Å². The molecule has 0 aliphatic heterocycles. The van der Waals surface area contributed by atoms with E-state index in [0.29, 0.717) is 6.32 Å². The Bertz CT molecular complexity index is 93.1. The van der Waals surface area contributed by atoms with Gasteiger partial charge in [0.1, 0.15) is 6.17 Å². The maximum absolute atomic E-state index is 12.2. The molecule has 0 spiro atoms. The average molecular weight is 146 g/mol. The highest BCUT2D eigenvalue weighted by Gasteiger charge is 2.07. The van der Waals surface area contributed by atoms with Crippen molar-refractivity contribution in [2.75, 3.05) is 0 Å². The average Bonchev–Trinajstić information content (AvgIpc) is 1.82. The molecular weight excluding hydrogens is 137 g/mol. The quantitative estimate of drug-likeness (QED) is 0.325. The lowest BCUT2D eigenvalue weighted by molar-refractivity contribution is 0.369. The molecule has 2 unspecified atom stereocenters. The van der Waals surface area contributed by atoms with E-state index in [4.69, 9.17) is 19.4 Å². The van der Waals surface area contributed by atoms with E-state index in [2.05, 4.69) is 0 Å². The fourth-order valence-electron chi connectivity index (χ4n) is 0.362. The normalized spacial score (nSPS) is 18.1. The second-order valence-electron chi connectivity index (χ2n) is 1.79. The monoisotopic (exact) mass is 146 g/mol. The number of alkyl halides is 2. The summed E-state index contributed by atoms with van der Waals surface area (Å²) in [5, 5.41) is -0.534. The fourth-order valence-corrected chi connectivity index (χ4v) is 0.465. The van der Waals surface area contributed by atoms with Gasteiger partial charge < -0.3 is 0 Å².